The topological polar surface area (TPSA) is 118 Å². The fourth-order valence-electron chi connectivity index (χ4n) is 5.18. The zero-order valence-corrected chi connectivity index (χ0v) is 22.7. The highest BCUT2D eigenvalue weighted by Crippen LogP contribution is 2.29. The average molecular weight is 531 g/mol. The molecule has 2 aliphatic heterocycles. The first kappa shape index (κ1) is 28.0. The van der Waals surface area contributed by atoms with Crippen molar-refractivity contribution in [2.24, 2.45) is 0 Å². The second-order valence-electron chi connectivity index (χ2n) is 10.3. The Morgan fingerprint density at radius 1 is 0.897 bits per heavy atom. The van der Waals surface area contributed by atoms with Gasteiger partial charge in [-0.1, -0.05) is 18.2 Å². The molecule has 0 bridgehead atoms. The third-order valence-corrected chi connectivity index (χ3v) is 7.58. The minimum Gasteiger partial charge on any atom is -0.339 e. The Morgan fingerprint density at radius 2 is 1.59 bits per heavy atom. The molecule has 9 nitrogen and oxygen atoms in total. The summed E-state index contributed by atoms with van der Waals surface area (Å²) >= 11 is 0. The minimum atomic E-state index is -0.340. The first-order valence-electron chi connectivity index (χ1n) is 13.9. The minimum absolute atomic E-state index is 0.0326. The van der Waals surface area contributed by atoms with E-state index in [2.05, 4.69) is 22.0 Å². The number of benzene rings is 2. The van der Waals surface area contributed by atoms with Crippen LogP contribution in [-0.2, 0) is 0 Å². The van der Waals surface area contributed by atoms with E-state index < -0.39 is 0 Å². The molecule has 0 spiro atoms. The molecule has 2 aliphatic rings. The molecule has 0 unspecified atom stereocenters. The molecule has 9 heteroatoms. The first-order chi connectivity index (χ1) is 18.9. The van der Waals surface area contributed by atoms with Crippen LogP contribution in [0.4, 0.5) is 15.3 Å². The molecule has 4 rings (SSSR count). The average Bonchev–Trinajstić information content (AvgIpc) is 2.98. The first-order valence-corrected chi connectivity index (χ1v) is 13.9. The fraction of sp³-hybridized carbons (Fsp3) is 0.467. The van der Waals surface area contributed by atoms with Gasteiger partial charge in [-0.15, -0.1) is 0 Å². The van der Waals surface area contributed by atoms with Crippen molar-refractivity contribution in [2.45, 2.75) is 51.4 Å². The predicted octanol–water partition coefficient (Wildman–Crippen LogP) is 4.59. The molecule has 206 valence electrons. The van der Waals surface area contributed by atoms with Crippen LogP contribution in [0.25, 0.3) is 0 Å². The van der Waals surface area contributed by atoms with Crippen LogP contribution in [0, 0.1) is 18.3 Å². The van der Waals surface area contributed by atoms with Gasteiger partial charge in [-0.3, -0.25) is 4.79 Å². The van der Waals surface area contributed by atoms with E-state index in [1.807, 2.05) is 47.1 Å². The summed E-state index contributed by atoms with van der Waals surface area (Å²) in [4.78, 5) is 41.6. The van der Waals surface area contributed by atoms with E-state index in [-0.39, 0.29) is 18.0 Å². The monoisotopic (exact) mass is 530 g/mol. The van der Waals surface area contributed by atoms with Crippen molar-refractivity contribution in [3.8, 4) is 6.07 Å². The molecule has 2 aromatic carbocycles. The highest BCUT2D eigenvalue weighted by molar-refractivity contribution is 5.97. The van der Waals surface area contributed by atoms with Crippen LogP contribution in [-0.4, -0.2) is 67.0 Å². The molecule has 5 amide bonds. The van der Waals surface area contributed by atoms with E-state index in [0.29, 0.717) is 55.3 Å². The molecule has 0 radical (unpaired) electrons. The summed E-state index contributed by atoms with van der Waals surface area (Å²) in [6.45, 7) is 5.76. The molecular weight excluding hydrogens is 492 g/mol. The second-order valence-corrected chi connectivity index (χ2v) is 10.3. The smallest absolute Gasteiger partial charge is 0.319 e. The number of rotatable bonds is 7. The van der Waals surface area contributed by atoms with Crippen molar-refractivity contribution >= 4 is 23.7 Å². The Balaban J connectivity index is 1.21. The molecule has 3 N–H and O–H groups in total. The number of urea groups is 2. The number of nitriles is 1. The van der Waals surface area contributed by atoms with E-state index in [4.69, 9.17) is 5.26 Å². The van der Waals surface area contributed by atoms with Crippen molar-refractivity contribution in [3.05, 3.63) is 64.7 Å². The number of likely N-dealkylation sites (tertiary alicyclic amines) is 2. The van der Waals surface area contributed by atoms with Gasteiger partial charge >= 0.3 is 12.1 Å². The SMILES string of the molecule is Cc1ccc(C(=O)N2CCC(c3ccc(C#N)cc3)CC2)cc1NC(=O)NCCCNC(=O)N1CCCCC1. The summed E-state index contributed by atoms with van der Waals surface area (Å²) in [5.41, 5.74) is 3.88. The second kappa shape index (κ2) is 13.7. The van der Waals surface area contributed by atoms with Gasteiger partial charge in [0.1, 0.15) is 0 Å². The molecule has 0 aliphatic carbocycles. The largest absolute Gasteiger partial charge is 0.339 e. The summed E-state index contributed by atoms with van der Waals surface area (Å²) in [5, 5.41) is 17.6. The quantitative estimate of drug-likeness (QED) is 0.454. The highest BCUT2D eigenvalue weighted by Gasteiger charge is 2.25. The molecule has 0 aromatic heterocycles. The van der Waals surface area contributed by atoms with Gasteiger partial charge in [0.15, 0.2) is 0 Å². The molecule has 2 aromatic rings. The lowest BCUT2D eigenvalue weighted by Crippen LogP contribution is -2.43. The van der Waals surface area contributed by atoms with Gasteiger partial charge in [0.05, 0.1) is 11.6 Å². The number of nitrogens with one attached hydrogen (secondary N) is 3. The van der Waals surface area contributed by atoms with Gasteiger partial charge in [0.25, 0.3) is 5.91 Å². The number of aryl methyl sites for hydroxylation is 1. The third kappa shape index (κ3) is 7.73. The summed E-state index contributed by atoms with van der Waals surface area (Å²) in [6.07, 6.45) is 5.66. The molecule has 0 atom stereocenters. The molecular formula is C30H38N6O3. The van der Waals surface area contributed by atoms with E-state index in [1.165, 1.54) is 12.0 Å². The summed E-state index contributed by atoms with van der Waals surface area (Å²) in [7, 11) is 0. The Morgan fingerprint density at radius 3 is 2.28 bits per heavy atom. The number of hydrogen-bond donors (Lipinski definition) is 3. The maximum Gasteiger partial charge on any atom is 0.319 e. The van der Waals surface area contributed by atoms with Crippen LogP contribution in [0.5, 0.6) is 0 Å². The van der Waals surface area contributed by atoms with Gasteiger partial charge in [0.2, 0.25) is 0 Å². The number of carbonyl (C=O) groups is 3. The van der Waals surface area contributed by atoms with E-state index in [0.717, 1.165) is 44.3 Å². The van der Waals surface area contributed by atoms with Gasteiger partial charge in [-0.2, -0.15) is 5.26 Å². The van der Waals surface area contributed by atoms with Crippen molar-refractivity contribution in [2.75, 3.05) is 44.6 Å². The predicted molar refractivity (Wildman–Crippen MR) is 151 cm³/mol. The van der Waals surface area contributed by atoms with Crippen LogP contribution < -0.4 is 16.0 Å². The van der Waals surface area contributed by atoms with Gasteiger partial charge in [-0.25, -0.2) is 9.59 Å². The van der Waals surface area contributed by atoms with Crippen LogP contribution in [0.15, 0.2) is 42.5 Å². The Bertz CT molecular complexity index is 1190. The number of carbonyl (C=O) groups excluding carboxylic acids is 3. The maximum absolute atomic E-state index is 13.2. The van der Waals surface area contributed by atoms with Crippen molar-refractivity contribution < 1.29 is 14.4 Å². The van der Waals surface area contributed by atoms with Crippen molar-refractivity contribution in [1.29, 1.82) is 5.26 Å². The van der Waals surface area contributed by atoms with Crippen LogP contribution in [0.1, 0.15) is 71.5 Å². The van der Waals surface area contributed by atoms with Gasteiger partial charge in [-0.05, 0) is 86.8 Å². The molecule has 2 saturated heterocycles. The zero-order valence-electron chi connectivity index (χ0n) is 22.7. The summed E-state index contributed by atoms with van der Waals surface area (Å²) in [5.74, 6) is 0.333. The Hall–Kier alpha value is -4.06. The van der Waals surface area contributed by atoms with Crippen molar-refractivity contribution in [3.63, 3.8) is 0 Å². The fourth-order valence-corrected chi connectivity index (χ4v) is 5.18. The number of piperidine rings is 2. The normalized spacial score (nSPS) is 15.8. The summed E-state index contributed by atoms with van der Waals surface area (Å²) in [6, 6.07) is 14.9. The van der Waals surface area contributed by atoms with E-state index in [9.17, 15) is 14.4 Å². The standard InChI is InChI=1S/C30H38N6O3/c1-22-6-9-26(28(37)35-18-12-25(13-19-35)24-10-7-23(21-31)8-11-24)20-27(22)34-29(38)32-14-5-15-33-30(39)36-16-3-2-4-17-36/h6-11,20,25H,2-5,12-19H2,1H3,(H,33,39)(H2,32,34,38). The lowest BCUT2D eigenvalue weighted by molar-refractivity contribution is 0.0713. The number of hydrogen-bond acceptors (Lipinski definition) is 4. The zero-order chi connectivity index (χ0) is 27.6. The number of nitrogens with zero attached hydrogens (tertiary/aromatic N) is 3. The number of amides is 5. The van der Waals surface area contributed by atoms with E-state index in [1.54, 1.807) is 12.1 Å². The molecule has 0 saturated carbocycles. The Labute approximate surface area is 230 Å². The maximum atomic E-state index is 13.2. The molecule has 2 heterocycles. The lowest BCUT2D eigenvalue weighted by Gasteiger charge is -2.32. The molecule has 2 fully saturated rings. The van der Waals surface area contributed by atoms with Crippen molar-refractivity contribution in [1.82, 2.24) is 20.4 Å². The van der Waals surface area contributed by atoms with Crippen LogP contribution in [0.2, 0.25) is 0 Å². The highest BCUT2D eigenvalue weighted by atomic mass is 16.2. The van der Waals surface area contributed by atoms with Crippen LogP contribution >= 0.6 is 0 Å². The lowest BCUT2D eigenvalue weighted by atomic mass is 9.89. The number of anilines is 1. The third-order valence-electron chi connectivity index (χ3n) is 7.58. The van der Waals surface area contributed by atoms with E-state index >= 15 is 0 Å². The van der Waals surface area contributed by atoms with Gasteiger partial charge < -0.3 is 25.8 Å². The van der Waals surface area contributed by atoms with Crippen LogP contribution in [0.3, 0.4) is 0 Å². The van der Waals surface area contributed by atoms with Gasteiger partial charge in [0, 0.05) is 50.5 Å². The Kier molecular flexibility index (Phi) is 9.79. The summed E-state index contributed by atoms with van der Waals surface area (Å²) < 4.78 is 0. The molecule has 39 heavy (non-hydrogen) atoms.